The number of urea groups is 1. The van der Waals surface area contributed by atoms with Crippen molar-refractivity contribution in [3.8, 4) is 5.75 Å². The molecule has 0 fully saturated rings. The van der Waals surface area contributed by atoms with Crippen molar-refractivity contribution in [2.24, 2.45) is 5.10 Å². The van der Waals surface area contributed by atoms with Gasteiger partial charge in [-0.3, -0.25) is 4.79 Å². The Labute approximate surface area is 230 Å². The summed E-state index contributed by atoms with van der Waals surface area (Å²) < 4.78 is 74.0. The Balaban J connectivity index is 1.75. The monoisotopic (exact) mass is 581 g/mol. The van der Waals surface area contributed by atoms with Gasteiger partial charge in [-0.05, 0) is 66.6 Å². The number of nitrogens with zero attached hydrogens (tertiary/aromatic N) is 2. The Kier molecular flexibility index (Phi) is 8.29. The molecule has 1 aliphatic heterocycles. The molecule has 0 spiro atoms. The predicted octanol–water partition coefficient (Wildman–Crippen LogP) is 6.71. The van der Waals surface area contributed by atoms with E-state index < -0.39 is 35.8 Å². The number of hydrogen-bond donors (Lipinski definition) is 1. The van der Waals surface area contributed by atoms with Crippen LogP contribution in [-0.2, 0) is 21.1 Å². The van der Waals surface area contributed by atoms with E-state index in [-0.39, 0.29) is 35.9 Å². The number of amides is 2. The fraction of sp³-hybridized carbons (Fsp3) is 0.222. The van der Waals surface area contributed by atoms with Crippen LogP contribution in [0.3, 0.4) is 0 Å². The fourth-order valence-electron chi connectivity index (χ4n) is 4.18. The molecular formula is C27H21ClF5N3O4. The zero-order chi connectivity index (χ0) is 29.1. The minimum Gasteiger partial charge on any atom is -0.465 e. The van der Waals surface area contributed by atoms with E-state index in [1.54, 1.807) is 31.2 Å². The van der Waals surface area contributed by atoms with Gasteiger partial charge in [0, 0.05) is 10.7 Å². The molecule has 40 heavy (non-hydrogen) atoms. The van der Waals surface area contributed by atoms with Gasteiger partial charge in [-0.1, -0.05) is 35.9 Å². The van der Waals surface area contributed by atoms with Gasteiger partial charge in [0.05, 0.1) is 24.4 Å². The first kappa shape index (κ1) is 28.8. The van der Waals surface area contributed by atoms with Crippen LogP contribution < -0.4 is 10.1 Å². The average Bonchev–Trinajstić information content (AvgIpc) is 3.31. The van der Waals surface area contributed by atoms with Crippen LogP contribution in [-0.4, -0.2) is 42.5 Å². The molecule has 2 amide bonds. The summed E-state index contributed by atoms with van der Waals surface area (Å²) in [4.78, 5) is 26.8. The van der Waals surface area contributed by atoms with E-state index in [0.717, 1.165) is 29.3 Å². The lowest BCUT2D eigenvalue weighted by Gasteiger charge is -2.29. The van der Waals surface area contributed by atoms with E-state index >= 15 is 0 Å². The number of carbonyl (C=O) groups excluding carboxylic acids is 2. The van der Waals surface area contributed by atoms with Crippen molar-refractivity contribution < 1.29 is 41.0 Å². The zero-order valence-electron chi connectivity index (χ0n) is 20.7. The second-order valence-corrected chi connectivity index (χ2v) is 8.98. The van der Waals surface area contributed by atoms with Crippen LogP contribution >= 0.6 is 11.6 Å². The van der Waals surface area contributed by atoms with Gasteiger partial charge in [0.2, 0.25) is 0 Å². The molecule has 0 saturated carbocycles. The Morgan fingerprint density at radius 2 is 1.65 bits per heavy atom. The van der Waals surface area contributed by atoms with Crippen LogP contribution in [0.1, 0.15) is 23.6 Å². The third-order valence-electron chi connectivity index (χ3n) is 6.02. The molecule has 1 unspecified atom stereocenters. The summed E-state index contributed by atoms with van der Waals surface area (Å²) in [5, 5.41) is 8.22. The topological polar surface area (TPSA) is 80.2 Å². The third kappa shape index (κ3) is 6.01. The molecule has 7 nitrogen and oxygen atoms in total. The lowest BCUT2D eigenvalue weighted by Crippen LogP contribution is -2.48. The Hall–Kier alpha value is -4.19. The maximum atomic E-state index is 13.6. The molecule has 0 bridgehead atoms. The fourth-order valence-corrected chi connectivity index (χ4v) is 4.31. The van der Waals surface area contributed by atoms with Crippen molar-refractivity contribution >= 4 is 35.0 Å². The summed E-state index contributed by atoms with van der Waals surface area (Å²) in [6.07, 6.45) is -4.55. The molecule has 0 saturated heterocycles. The van der Waals surface area contributed by atoms with Gasteiger partial charge >= 0.3 is 24.8 Å². The molecule has 1 heterocycles. The molecular weight excluding hydrogens is 561 g/mol. The summed E-state index contributed by atoms with van der Waals surface area (Å²) >= 11 is 6.03. The van der Waals surface area contributed by atoms with E-state index in [0.29, 0.717) is 10.6 Å². The molecule has 0 radical (unpaired) electrons. The average molecular weight is 582 g/mol. The first-order valence-electron chi connectivity index (χ1n) is 11.8. The standard InChI is InChI=1S/C27H21ClF5N3O4/c1-2-39-23(37)26(17-7-13-21(14-8-17)40-24(29)30)15-36(35-22(26)16-3-9-19(28)10-4-16)25(38)34-20-11-5-18(6-12-20)27(31,32)33/h3-14,24H,2,15H2,1H3,(H,34,38). The van der Waals surface area contributed by atoms with Crippen LogP contribution in [0.25, 0.3) is 0 Å². The number of nitrogens with one attached hydrogen (secondary N) is 1. The highest BCUT2D eigenvalue weighted by Crippen LogP contribution is 2.38. The number of ether oxygens (including phenoxy) is 2. The van der Waals surface area contributed by atoms with E-state index in [1.807, 2.05) is 0 Å². The summed E-state index contributed by atoms with van der Waals surface area (Å²) in [5.41, 5.74) is -1.75. The van der Waals surface area contributed by atoms with Crippen molar-refractivity contribution in [2.45, 2.75) is 25.1 Å². The maximum Gasteiger partial charge on any atom is 0.416 e. The van der Waals surface area contributed by atoms with E-state index in [9.17, 15) is 31.5 Å². The van der Waals surface area contributed by atoms with Crippen molar-refractivity contribution in [3.63, 3.8) is 0 Å². The van der Waals surface area contributed by atoms with Gasteiger partial charge in [-0.2, -0.15) is 27.1 Å². The number of rotatable bonds is 7. The quantitative estimate of drug-likeness (QED) is 0.248. The van der Waals surface area contributed by atoms with Crippen LogP contribution in [0.15, 0.2) is 77.9 Å². The molecule has 210 valence electrons. The van der Waals surface area contributed by atoms with Gasteiger partial charge in [0.15, 0.2) is 5.41 Å². The number of esters is 1. The lowest BCUT2D eigenvalue weighted by atomic mass is 9.74. The van der Waals surface area contributed by atoms with E-state index in [4.69, 9.17) is 16.3 Å². The maximum absolute atomic E-state index is 13.6. The van der Waals surface area contributed by atoms with E-state index in [2.05, 4.69) is 15.2 Å². The number of alkyl halides is 5. The van der Waals surface area contributed by atoms with Crippen LogP contribution in [0.4, 0.5) is 32.4 Å². The number of benzene rings is 3. The minimum atomic E-state index is -4.55. The number of anilines is 1. The normalized spacial score (nSPS) is 17.0. The predicted molar refractivity (Wildman–Crippen MR) is 137 cm³/mol. The largest absolute Gasteiger partial charge is 0.465 e. The van der Waals surface area contributed by atoms with Gasteiger partial charge < -0.3 is 14.8 Å². The highest BCUT2D eigenvalue weighted by molar-refractivity contribution is 6.31. The molecule has 1 N–H and O–H groups in total. The third-order valence-corrected chi connectivity index (χ3v) is 6.28. The van der Waals surface area contributed by atoms with Crippen molar-refractivity contribution in [2.75, 3.05) is 18.5 Å². The zero-order valence-corrected chi connectivity index (χ0v) is 21.5. The number of halogens is 6. The molecule has 3 aromatic carbocycles. The summed E-state index contributed by atoms with van der Waals surface area (Å²) in [7, 11) is 0. The first-order valence-corrected chi connectivity index (χ1v) is 12.1. The Morgan fingerprint density at radius 3 is 2.20 bits per heavy atom. The molecule has 0 aliphatic carbocycles. The molecule has 13 heteroatoms. The molecule has 3 aromatic rings. The minimum absolute atomic E-state index is 0.0151. The Morgan fingerprint density at radius 1 is 1.02 bits per heavy atom. The van der Waals surface area contributed by atoms with Gasteiger partial charge in [0.1, 0.15) is 5.75 Å². The van der Waals surface area contributed by atoms with Gasteiger partial charge in [-0.25, -0.2) is 9.80 Å². The van der Waals surface area contributed by atoms with Crippen molar-refractivity contribution in [1.82, 2.24) is 5.01 Å². The van der Waals surface area contributed by atoms with Gasteiger partial charge in [-0.15, -0.1) is 0 Å². The highest BCUT2D eigenvalue weighted by Gasteiger charge is 2.53. The molecule has 4 rings (SSSR count). The molecule has 0 aromatic heterocycles. The van der Waals surface area contributed by atoms with Crippen LogP contribution in [0, 0.1) is 0 Å². The van der Waals surface area contributed by atoms with Crippen LogP contribution in [0.2, 0.25) is 5.02 Å². The SMILES string of the molecule is CCOC(=O)C1(c2ccc(OC(F)F)cc2)CN(C(=O)Nc2ccc(C(F)(F)F)cc2)N=C1c1ccc(Cl)cc1. The summed E-state index contributed by atoms with van der Waals surface area (Å²) in [5.74, 6) is -0.923. The highest BCUT2D eigenvalue weighted by atomic mass is 35.5. The number of hydrogen-bond acceptors (Lipinski definition) is 5. The van der Waals surface area contributed by atoms with Crippen LogP contribution in [0.5, 0.6) is 5.75 Å². The summed E-state index contributed by atoms with van der Waals surface area (Å²) in [6, 6.07) is 14.5. The Bertz CT molecular complexity index is 1400. The van der Waals surface area contributed by atoms with Crippen molar-refractivity contribution in [1.29, 1.82) is 0 Å². The van der Waals surface area contributed by atoms with Crippen molar-refractivity contribution in [3.05, 3.63) is 94.5 Å². The molecule has 1 aliphatic rings. The summed E-state index contributed by atoms with van der Waals surface area (Å²) in [6.45, 7) is -1.86. The lowest BCUT2D eigenvalue weighted by molar-refractivity contribution is -0.147. The number of hydrazone groups is 1. The second kappa shape index (κ2) is 11.5. The smallest absolute Gasteiger partial charge is 0.416 e. The first-order chi connectivity index (χ1) is 18.9. The van der Waals surface area contributed by atoms with E-state index in [1.165, 1.54) is 24.3 Å². The molecule has 1 atom stereocenters. The van der Waals surface area contributed by atoms with Gasteiger partial charge in [0.25, 0.3) is 0 Å². The second-order valence-electron chi connectivity index (χ2n) is 8.55. The number of carbonyl (C=O) groups is 2.